The van der Waals surface area contributed by atoms with Crippen LogP contribution >= 0.6 is 0 Å². The monoisotopic (exact) mass is 214 g/mol. The molecule has 0 saturated carbocycles. The summed E-state index contributed by atoms with van der Waals surface area (Å²) in [6.45, 7) is 14.9. The standard InChI is InChI=1S/C13H30N2/c1-6-9-10-14-11-13(5)15(8-3)12(4)7-2/h12-14H,6-11H2,1-5H3. The molecule has 0 aromatic heterocycles. The average molecular weight is 214 g/mol. The predicted molar refractivity (Wildman–Crippen MR) is 69.4 cm³/mol. The van der Waals surface area contributed by atoms with Gasteiger partial charge < -0.3 is 5.32 Å². The lowest BCUT2D eigenvalue weighted by atomic mass is 10.1. The molecule has 0 spiro atoms. The lowest BCUT2D eigenvalue weighted by Crippen LogP contribution is -2.45. The zero-order chi connectivity index (χ0) is 11.7. The van der Waals surface area contributed by atoms with Crippen molar-refractivity contribution in [3.05, 3.63) is 0 Å². The Bertz CT molecular complexity index is 136. The van der Waals surface area contributed by atoms with Crippen LogP contribution in [0.3, 0.4) is 0 Å². The fourth-order valence-corrected chi connectivity index (χ4v) is 2.02. The molecule has 0 aromatic carbocycles. The van der Waals surface area contributed by atoms with Crippen molar-refractivity contribution < 1.29 is 0 Å². The van der Waals surface area contributed by atoms with Crippen molar-refractivity contribution in [1.29, 1.82) is 0 Å². The van der Waals surface area contributed by atoms with Crippen molar-refractivity contribution in [2.24, 2.45) is 0 Å². The van der Waals surface area contributed by atoms with Gasteiger partial charge in [-0.2, -0.15) is 0 Å². The number of unbranched alkanes of at least 4 members (excludes halogenated alkanes) is 1. The number of hydrogen-bond acceptors (Lipinski definition) is 2. The van der Waals surface area contributed by atoms with Crippen molar-refractivity contribution >= 4 is 0 Å². The highest BCUT2D eigenvalue weighted by molar-refractivity contribution is 4.73. The summed E-state index contributed by atoms with van der Waals surface area (Å²) in [7, 11) is 0. The maximum atomic E-state index is 3.54. The first kappa shape index (κ1) is 14.9. The molecular weight excluding hydrogens is 184 g/mol. The lowest BCUT2D eigenvalue weighted by Gasteiger charge is -2.33. The van der Waals surface area contributed by atoms with E-state index in [1.54, 1.807) is 0 Å². The molecule has 0 amide bonds. The summed E-state index contributed by atoms with van der Waals surface area (Å²) < 4.78 is 0. The van der Waals surface area contributed by atoms with E-state index >= 15 is 0 Å². The molecule has 0 saturated heterocycles. The van der Waals surface area contributed by atoms with E-state index in [1.807, 2.05) is 0 Å². The molecule has 2 nitrogen and oxygen atoms in total. The predicted octanol–water partition coefficient (Wildman–Crippen LogP) is 2.89. The molecule has 0 radical (unpaired) electrons. The van der Waals surface area contributed by atoms with E-state index in [1.165, 1.54) is 25.8 Å². The minimum absolute atomic E-state index is 0.654. The highest BCUT2D eigenvalue weighted by Crippen LogP contribution is 2.07. The second kappa shape index (κ2) is 9.17. The first-order chi connectivity index (χ1) is 7.17. The molecule has 0 bridgehead atoms. The van der Waals surface area contributed by atoms with Crippen molar-refractivity contribution in [2.75, 3.05) is 19.6 Å². The number of nitrogens with one attached hydrogen (secondary N) is 1. The highest BCUT2D eigenvalue weighted by atomic mass is 15.2. The van der Waals surface area contributed by atoms with Crippen molar-refractivity contribution in [2.45, 2.75) is 66.0 Å². The van der Waals surface area contributed by atoms with Crippen LogP contribution in [0.2, 0.25) is 0 Å². The van der Waals surface area contributed by atoms with Crippen LogP contribution in [0.15, 0.2) is 0 Å². The molecule has 92 valence electrons. The molecule has 0 rings (SSSR count). The van der Waals surface area contributed by atoms with E-state index in [9.17, 15) is 0 Å². The lowest BCUT2D eigenvalue weighted by molar-refractivity contribution is 0.156. The fraction of sp³-hybridized carbons (Fsp3) is 1.00. The molecule has 1 N–H and O–H groups in total. The van der Waals surface area contributed by atoms with E-state index in [0.29, 0.717) is 12.1 Å². The smallest absolute Gasteiger partial charge is 0.0195 e. The Balaban J connectivity index is 3.77. The van der Waals surface area contributed by atoms with Gasteiger partial charge in [-0.1, -0.05) is 27.2 Å². The second-order valence-electron chi connectivity index (χ2n) is 4.49. The summed E-state index contributed by atoms with van der Waals surface area (Å²) >= 11 is 0. The van der Waals surface area contributed by atoms with Crippen LogP contribution in [0, 0.1) is 0 Å². The zero-order valence-corrected chi connectivity index (χ0v) is 11.3. The van der Waals surface area contributed by atoms with Gasteiger partial charge in [0.25, 0.3) is 0 Å². The Morgan fingerprint density at radius 3 is 2.20 bits per heavy atom. The zero-order valence-electron chi connectivity index (χ0n) is 11.3. The summed E-state index contributed by atoms with van der Waals surface area (Å²) in [5.74, 6) is 0. The van der Waals surface area contributed by atoms with Gasteiger partial charge in [-0.05, 0) is 39.8 Å². The van der Waals surface area contributed by atoms with E-state index < -0.39 is 0 Å². The SMILES string of the molecule is CCCCNCC(C)N(CC)C(C)CC. The molecule has 15 heavy (non-hydrogen) atoms. The van der Waals surface area contributed by atoms with Crippen LogP contribution in [0.25, 0.3) is 0 Å². The molecule has 0 fully saturated rings. The van der Waals surface area contributed by atoms with Crippen molar-refractivity contribution in [3.63, 3.8) is 0 Å². The summed E-state index contributed by atoms with van der Waals surface area (Å²) in [4.78, 5) is 2.58. The number of likely N-dealkylation sites (N-methyl/N-ethyl adjacent to an activating group) is 1. The highest BCUT2D eigenvalue weighted by Gasteiger charge is 2.16. The summed E-state index contributed by atoms with van der Waals surface area (Å²) in [6.07, 6.45) is 3.82. The topological polar surface area (TPSA) is 15.3 Å². The van der Waals surface area contributed by atoms with Crippen molar-refractivity contribution in [1.82, 2.24) is 10.2 Å². The minimum atomic E-state index is 0.654. The molecule has 0 heterocycles. The van der Waals surface area contributed by atoms with Gasteiger partial charge in [-0.3, -0.25) is 4.90 Å². The van der Waals surface area contributed by atoms with Crippen molar-refractivity contribution in [3.8, 4) is 0 Å². The second-order valence-corrected chi connectivity index (χ2v) is 4.49. The Morgan fingerprint density at radius 2 is 1.73 bits per heavy atom. The molecular formula is C13H30N2. The first-order valence-electron chi connectivity index (χ1n) is 6.63. The summed E-state index contributed by atoms with van der Waals surface area (Å²) in [5.41, 5.74) is 0. The maximum Gasteiger partial charge on any atom is 0.0195 e. The van der Waals surface area contributed by atoms with Gasteiger partial charge in [0.1, 0.15) is 0 Å². The molecule has 0 aromatic rings. The van der Waals surface area contributed by atoms with Crippen LogP contribution in [0.1, 0.15) is 53.9 Å². The van der Waals surface area contributed by atoms with Gasteiger partial charge in [0.15, 0.2) is 0 Å². The molecule has 2 heteroatoms. The molecule has 0 aliphatic carbocycles. The molecule has 0 aliphatic heterocycles. The van der Waals surface area contributed by atoms with Crippen LogP contribution in [0.4, 0.5) is 0 Å². The molecule has 2 atom stereocenters. The number of hydrogen-bond donors (Lipinski definition) is 1. The van der Waals surface area contributed by atoms with Gasteiger partial charge in [-0.25, -0.2) is 0 Å². The Morgan fingerprint density at radius 1 is 1.07 bits per heavy atom. The van der Waals surface area contributed by atoms with Gasteiger partial charge in [0, 0.05) is 18.6 Å². The van der Waals surface area contributed by atoms with E-state index in [0.717, 1.165) is 13.1 Å². The van der Waals surface area contributed by atoms with Crippen LogP contribution < -0.4 is 5.32 Å². The summed E-state index contributed by atoms with van der Waals surface area (Å²) in [5, 5.41) is 3.54. The number of rotatable bonds is 9. The largest absolute Gasteiger partial charge is 0.315 e. The van der Waals surface area contributed by atoms with Gasteiger partial charge in [-0.15, -0.1) is 0 Å². The van der Waals surface area contributed by atoms with E-state index in [2.05, 4.69) is 44.8 Å². The third-order valence-electron chi connectivity index (χ3n) is 3.24. The third-order valence-corrected chi connectivity index (χ3v) is 3.24. The Hall–Kier alpha value is -0.0800. The first-order valence-corrected chi connectivity index (χ1v) is 6.63. The van der Waals surface area contributed by atoms with Crippen LogP contribution in [-0.4, -0.2) is 36.6 Å². The Kier molecular flexibility index (Phi) is 9.12. The minimum Gasteiger partial charge on any atom is -0.315 e. The fourth-order valence-electron chi connectivity index (χ4n) is 2.02. The van der Waals surface area contributed by atoms with Crippen LogP contribution in [-0.2, 0) is 0 Å². The summed E-state index contributed by atoms with van der Waals surface area (Å²) in [6, 6.07) is 1.36. The maximum absolute atomic E-state index is 3.54. The van der Waals surface area contributed by atoms with Crippen LogP contribution in [0.5, 0.6) is 0 Å². The average Bonchev–Trinajstić information content (AvgIpc) is 2.25. The van der Waals surface area contributed by atoms with Gasteiger partial charge >= 0.3 is 0 Å². The van der Waals surface area contributed by atoms with E-state index in [-0.39, 0.29) is 0 Å². The molecule has 2 unspecified atom stereocenters. The van der Waals surface area contributed by atoms with Gasteiger partial charge in [0.2, 0.25) is 0 Å². The third kappa shape index (κ3) is 6.16. The van der Waals surface area contributed by atoms with E-state index in [4.69, 9.17) is 0 Å². The molecule has 0 aliphatic rings. The quantitative estimate of drug-likeness (QED) is 0.594. The van der Waals surface area contributed by atoms with Gasteiger partial charge in [0.05, 0.1) is 0 Å². The normalized spacial score (nSPS) is 15.6. The Labute approximate surface area is 96.4 Å². The number of nitrogens with zero attached hydrogens (tertiary/aromatic N) is 1.